The van der Waals surface area contributed by atoms with Crippen molar-refractivity contribution in [3.8, 4) is 0 Å². The van der Waals surface area contributed by atoms with Gasteiger partial charge in [0, 0.05) is 18.3 Å². The van der Waals surface area contributed by atoms with Crippen LogP contribution in [0.15, 0.2) is 24.4 Å². The van der Waals surface area contributed by atoms with E-state index >= 15 is 0 Å². The number of hydrogen-bond acceptors (Lipinski definition) is 5. The second-order valence-electron chi connectivity index (χ2n) is 7.91. The largest absolute Gasteiger partial charge is 0.433 e. The Morgan fingerprint density at radius 1 is 1.24 bits per heavy atom. The molecule has 0 saturated heterocycles. The Bertz CT molecular complexity index is 1290. The van der Waals surface area contributed by atoms with Crippen LogP contribution in [-0.4, -0.2) is 43.4 Å². The molecular formula is C19H15ClF6N6O2. The number of aliphatic hydroxyl groups is 1. The molecule has 0 aliphatic carbocycles. The molecule has 2 amide bonds. The summed E-state index contributed by atoms with van der Waals surface area (Å²) in [6.07, 6.45) is -10.1. The Morgan fingerprint density at radius 2 is 1.91 bits per heavy atom. The van der Waals surface area contributed by atoms with Crippen molar-refractivity contribution in [2.75, 3.05) is 16.8 Å². The maximum atomic E-state index is 14.1. The lowest BCUT2D eigenvalue weighted by Crippen LogP contribution is -2.46. The molecule has 3 aromatic heterocycles. The lowest BCUT2D eigenvalue weighted by atomic mass is 9.88. The number of rotatable bonds is 2. The van der Waals surface area contributed by atoms with E-state index < -0.39 is 53.5 Å². The van der Waals surface area contributed by atoms with Crippen LogP contribution >= 0.6 is 11.6 Å². The lowest BCUT2D eigenvalue weighted by Gasteiger charge is -2.28. The highest BCUT2D eigenvalue weighted by atomic mass is 35.5. The number of urea groups is 1. The number of halogens is 7. The molecule has 4 rings (SSSR count). The number of alkyl halides is 6. The number of anilines is 2. The number of pyridine rings is 1. The second-order valence-corrected chi connectivity index (χ2v) is 8.30. The number of aromatic nitrogens is 4. The number of fused-ring (bicyclic) bond motifs is 3. The summed E-state index contributed by atoms with van der Waals surface area (Å²) < 4.78 is 82.9. The topological polar surface area (TPSA) is 95.7 Å². The Labute approximate surface area is 192 Å². The lowest BCUT2D eigenvalue weighted by molar-refractivity contribution is -0.181. The smallest absolute Gasteiger partial charge is 0.387 e. The minimum atomic E-state index is -4.89. The molecular weight excluding hydrogens is 494 g/mol. The SMILES string of the molecule is C[C@H](O)c1cc(NC(=O)N2C[C@@](C)(C(F)(F)F)c3c2cnc2cc(Cl)nn32)cc(C(F)(F)F)n1. The van der Waals surface area contributed by atoms with Crippen molar-refractivity contribution in [1.82, 2.24) is 19.6 Å². The molecule has 0 unspecified atom stereocenters. The average Bonchev–Trinajstić information content (AvgIpc) is 3.24. The van der Waals surface area contributed by atoms with E-state index in [4.69, 9.17) is 11.6 Å². The van der Waals surface area contributed by atoms with E-state index in [-0.39, 0.29) is 22.2 Å². The monoisotopic (exact) mass is 508 g/mol. The van der Waals surface area contributed by atoms with Crippen molar-refractivity contribution >= 4 is 34.7 Å². The van der Waals surface area contributed by atoms with E-state index in [1.807, 2.05) is 0 Å². The number of amides is 2. The first-order valence-corrected chi connectivity index (χ1v) is 9.97. The van der Waals surface area contributed by atoms with Crippen LogP contribution in [0.4, 0.5) is 42.5 Å². The Hall–Kier alpha value is -3.13. The first-order chi connectivity index (χ1) is 15.6. The number of nitrogens with zero attached hydrogens (tertiary/aromatic N) is 5. The number of nitrogens with one attached hydrogen (secondary N) is 1. The van der Waals surface area contributed by atoms with Crippen molar-refractivity contribution in [2.45, 2.75) is 37.7 Å². The summed E-state index contributed by atoms with van der Waals surface area (Å²) in [6.45, 7) is 1.15. The molecule has 8 nitrogen and oxygen atoms in total. The molecule has 0 aromatic carbocycles. The molecule has 0 saturated carbocycles. The van der Waals surface area contributed by atoms with Crippen LogP contribution in [0, 0.1) is 0 Å². The van der Waals surface area contributed by atoms with Crippen LogP contribution in [0.1, 0.15) is 37.0 Å². The maximum absolute atomic E-state index is 14.1. The third-order valence-electron chi connectivity index (χ3n) is 5.41. The van der Waals surface area contributed by atoms with Gasteiger partial charge in [0.1, 0.15) is 11.1 Å². The molecule has 1 aliphatic heterocycles. The summed E-state index contributed by atoms with van der Waals surface area (Å²) in [6, 6.07) is 1.60. The fraction of sp³-hybridized carbons (Fsp3) is 0.368. The molecule has 0 bridgehead atoms. The van der Waals surface area contributed by atoms with Crippen LogP contribution in [0.3, 0.4) is 0 Å². The normalized spacial score (nSPS) is 19.4. The molecule has 3 aromatic rings. The number of hydrogen-bond donors (Lipinski definition) is 2. The zero-order chi connectivity index (χ0) is 25.2. The number of carbonyl (C=O) groups excluding carboxylic acids is 1. The van der Waals surface area contributed by atoms with Gasteiger partial charge in [-0.05, 0) is 26.0 Å². The molecule has 2 atom stereocenters. The van der Waals surface area contributed by atoms with Crippen LogP contribution in [0.25, 0.3) is 5.65 Å². The first kappa shape index (κ1) is 24.0. The van der Waals surface area contributed by atoms with Crippen molar-refractivity contribution in [3.05, 3.63) is 46.6 Å². The predicted molar refractivity (Wildman–Crippen MR) is 108 cm³/mol. The Balaban J connectivity index is 1.78. The molecule has 2 N–H and O–H groups in total. The molecule has 0 radical (unpaired) electrons. The molecule has 1 aliphatic rings. The van der Waals surface area contributed by atoms with Gasteiger partial charge in [-0.3, -0.25) is 4.90 Å². The van der Waals surface area contributed by atoms with E-state index in [1.165, 1.54) is 13.0 Å². The Kier molecular flexibility index (Phi) is 5.44. The fourth-order valence-corrected chi connectivity index (χ4v) is 3.84. The summed E-state index contributed by atoms with van der Waals surface area (Å²) >= 11 is 5.83. The van der Waals surface area contributed by atoms with Gasteiger partial charge in [0.2, 0.25) is 0 Å². The van der Waals surface area contributed by atoms with Gasteiger partial charge < -0.3 is 10.4 Å². The summed E-state index contributed by atoms with van der Waals surface area (Å²) in [5.41, 5.74) is -5.41. The minimum Gasteiger partial charge on any atom is -0.387 e. The van der Waals surface area contributed by atoms with Crippen LogP contribution < -0.4 is 10.2 Å². The first-order valence-electron chi connectivity index (χ1n) is 9.59. The van der Waals surface area contributed by atoms with Gasteiger partial charge in [-0.2, -0.15) is 31.4 Å². The molecule has 0 spiro atoms. The van der Waals surface area contributed by atoms with Crippen LogP contribution in [0.2, 0.25) is 5.15 Å². The standard InChI is InChI=1S/C19H15ClF6N6O2/c1-8(33)10-3-9(4-12(29-10)18(21,22)23)28-16(34)31-7-17(2,19(24,25)26)15-11(31)6-27-14-5-13(20)30-32(14)15/h3-6,8,33H,7H2,1-2H3,(H,28,29,34)/t8-,17+/m0/s1. The third kappa shape index (κ3) is 3.90. The van der Waals surface area contributed by atoms with Crippen LogP contribution in [-0.2, 0) is 11.6 Å². The van der Waals surface area contributed by atoms with Gasteiger partial charge in [-0.25, -0.2) is 19.3 Å². The highest BCUT2D eigenvalue weighted by molar-refractivity contribution is 6.29. The van der Waals surface area contributed by atoms with E-state index in [0.29, 0.717) is 11.0 Å². The van der Waals surface area contributed by atoms with Gasteiger partial charge in [-0.15, -0.1) is 0 Å². The fourth-order valence-electron chi connectivity index (χ4n) is 3.67. The quantitative estimate of drug-likeness (QED) is 0.488. The average molecular weight is 509 g/mol. The molecule has 15 heteroatoms. The van der Waals surface area contributed by atoms with Gasteiger partial charge in [0.05, 0.1) is 29.4 Å². The number of aliphatic hydroxyl groups excluding tert-OH is 1. The number of carbonyl (C=O) groups is 1. The van der Waals surface area contributed by atoms with Crippen molar-refractivity contribution < 1.29 is 36.2 Å². The van der Waals surface area contributed by atoms with E-state index in [1.54, 1.807) is 0 Å². The van der Waals surface area contributed by atoms with Crippen molar-refractivity contribution in [2.24, 2.45) is 0 Å². The highest BCUT2D eigenvalue weighted by Gasteiger charge is 2.60. The predicted octanol–water partition coefficient (Wildman–Crippen LogP) is 4.72. The van der Waals surface area contributed by atoms with Gasteiger partial charge in [0.25, 0.3) is 0 Å². The van der Waals surface area contributed by atoms with E-state index in [2.05, 4.69) is 20.4 Å². The second kappa shape index (κ2) is 7.70. The van der Waals surface area contributed by atoms with Gasteiger partial charge >= 0.3 is 18.4 Å². The zero-order valence-electron chi connectivity index (χ0n) is 17.3. The molecule has 34 heavy (non-hydrogen) atoms. The summed E-state index contributed by atoms with van der Waals surface area (Å²) in [5, 5.41) is 15.6. The molecule has 0 fully saturated rings. The van der Waals surface area contributed by atoms with Crippen molar-refractivity contribution in [1.29, 1.82) is 0 Å². The van der Waals surface area contributed by atoms with Gasteiger partial charge in [0.15, 0.2) is 10.8 Å². The molecule has 4 heterocycles. The van der Waals surface area contributed by atoms with Crippen molar-refractivity contribution in [3.63, 3.8) is 0 Å². The Morgan fingerprint density at radius 3 is 2.50 bits per heavy atom. The zero-order valence-corrected chi connectivity index (χ0v) is 18.1. The highest BCUT2D eigenvalue weighted by Crippen LogP contribution is 2.50. The third-order valence-corrected chi connectivity index (χ3v) is 5.59. The maximum Gasteiger partial charge on any atom is 0.433 e. The van der Waals surface area contributed by atoms with Gasteiger partial charge in [-0.1, -0.05) is 11.6 Å². The van der Waals surface area contributed by atoms with E-state index in [9.17, 15) is 36.2 Å². The molecule has 182 valence electrons. The summed E-state index contributed by atoms with van der Waals surface area (Å²) in [7, 11) is 0. The summed E-state index contributed by atoms with van der Waals surface area (Å²) in [4.78, 5) is 21.0. The van der Waals surface area contributed by atoms with E-state index in [0.717, 1.165) is 23.7 Å². The van der Waals surface area contributed by atoms with Crippen LogP contribution in [0.5, 0.6) is 0 Å². The minimum absolute atomic E-state index is 0.0204. The summed E-state index contributed by atoms with van der Waals surface area (Å²) in [5.74, 6) is 0.